The molecule has 0 rings (SSSR count). The number of carbonyl (C=O) groups is 6. The van der Waals surface area contributed by atoms with Crippen molar-refractivity contribution in [2.75, 3.05) is 89.8 Å². The quantitative estimate of drug-likeness (QED) is 0.0329. The van der Waals surface area contributed by atoms with Crippen LogP contribution in [0.15, 0.2) is 0 Å². The Balaban J connectivity index is 7.57. The summed E-state index contributed by atoms with van der Waals surface area (Å²) >= 11 is 0. The highest BCUT2D eigenvalue weighted by Gasteiger charge is 2.43. The van der Waals surface area contributed by atoms with Crippen molar-refractivity contribution in [1.29, 1.82) is 0 Å². The van der Waals surface area contributed by atoms with Gasteiger partial charge in [-0.1, -0.05) is 49.6 Å². The molecule has 0 aromatic rings. The van der Waals surface area contributed by atoms with Gasteiger partial charge in [0.25, 0.3) is 0 Å². The Labute approximate surface area is 435 Å². The second kappa shape index (κ2) is 45.0. The molecule has 0 aliphatic heterocycles. The molecule has 65 heavy (non-hydrogen) atoms. The Morgan fingerprint density at radius 2 is 0.446 bits per heavy atom. The summed E-state index contributed by atoms with van der Waals surface area (Å²) in [6, 6.07) is 0. The van der Waals surface area contributed by atoms with Gasteiger partial charge < -0.3 is 33.2 Å². The molecule has 380 valence electrons. The standard InChI is InChI=1S/C28H70O13P24/c29-21(15(60-48)1-54-42)36-9-27(10-37-22(30)16(61-49)2-55-43,11-38-23(31)17(62-50)3-56-44)7-35-8-28(12-39-24(32)18(63-51)4-57-45,13-40-25(33)19(64-52)5-58-46)14-41-26(34)20(65-53)6-59-47/h15-20,54-65H,1-14,42-53H2. The zero-order valence-electron chi connectivity index (χ0n) is 35.6. The van der Waals surface area contributed by atoms with Crippen molar-refractivity contribution < 1.29 is 61.9 Å². The minimum absolute atomic E-state index is 0.194. The topological polar surface area (TPSA) is 167 Å². The van der Waals surface area contributed by atoms with Crippen LogP contribution in [0.3, 0.4) is 0 Å². The fraction of sp³-hybridized carbons (Fsp3) is 0.786. The lowest BCUT2D eigenvalue weighted by molar-refractivity contribution is -0.174. The van der Waals surface area contributed by atoms with Gasteiger partial charge in [0.05, 0.1) is 58.0 Å². The lowest BCUT2D eigenvalue weighted by Gasteiger charge is -2.36. The van der Waals surface area contributed by atoms with E-state index in [1.807, 2.05) is 0 Å². The van der Waals surface area contributed by atoms with E-state index in [4.69, 9.17) is 33.2 Å². The molecule has 30 unspecified atom stereocenters. The van der Waals surface area contributed by atoms with Crippen LogP contribution >= 0.6 is 206 Å². The number of ether oxygens (including phenoxy) is 7. The highest BCUT2D eigenvalue weighted by Crippen LogP contribution is 2.41. The summed E-state index contributed by atoms with van der Waals surface area (Å²) in [6.07, 6.45) is 3.57. The molecule has 0 aromatic heterocycles. The fourth-order valence-corrected chi connectivity index (χ4v) is 30.9. The predicted molar refractivity (Wildman–Crippen MR) is 350 cm³/mol. The summed E-state index contributed by atoms with van der Waals surface area (Å²) in [5, 5.41) is 0. The molecule has 0 aliphatic carbocycles. The maximum absolute atomic E-state index is 13.6. The number of esters is 6. The van der Waals surface area contributed by atoms with Crippen molar-refractivity contribution in [3.8, 4) is 0 Å². The van der Waals surface area contributed by atoms with Gasteiger partial charge >= 0.3 is 35.8 Å². The van der Waals surface area contributed by atoms with Gasteiger partial charge in [-0.2, -0.15) is 0 Å². The van der Waals surface area contributed by atoms with Gasteiger partial charge in [0, 0.05) is 0 Å². The SMILES string of the molecule is O=C(OCC(COCC(COC(=O)C(CPP)PP)(COC(=O)C(CPP)PP)COC(=O)C(CPP)PP)(COC(=O)C(CPP)PP)COC(=O)C(CPP)PP)C(CPP)PP. The molecular weight excluding hydrogens is 1290 g/mol. The molecule has 0 fully saturated rings. The number of carbonyl (C=O) groups excluding carboxylic acids is 6. The Morgan fingerprint density at radius 3 is 0.569 bits per heavy atom. The smallest absolute Gasteiger partial charge is 0.313 e. The van der Waals surface area contributed by atoms with Crippen LogP contribution in [0.1, 0.15) is 0 Å². The molecule has 13 nitrogen and oxygen atoms in total. The molecule has 37 heteroatoms. The van der Waals surface area contributed by atoms with Gasteiger partial charge in [0.2, 0.25) is 0 Å². The first kappa shape index (κ1) is 72.1. The van der Waals surface area contributed by atoms with Crippen LogP contribution in [0.5, 0.6) is 0 Å². The van der Waals surface area contributed by atoms with Gasteiger partial charge in [0.15, 0.2) is 0 Å². The third-order valence-corrected chi connectivity index (χ3v) is 31.6. The van der Waals surface area contributed by atoms with Crippen LogP contribution in [0.2, 0.25) is 0 Å². The second-order valence-electron chi connectivity index (χ2n) is 13.9. The van der Waals surface area contributed by atoms with Crippen molar-refractivity contribution in [1.82, 2.24) is 0 Å². The van der Waals surface area contributed by atoms with Crippen LogP contribution in [-0.4, -0.2) is 160 Å². The molecule has 0 radical (unpaired) electrons. The van der Waals surface area contributed by atoms with Crippen LogP contribution in [0.4, 0.5) is 0 Å². The maximum Gasteiger partial charge on any atom is 0.313 e. The summed E-state index contributed by atoms with van der Waals surface area (Å²) < 4.78 is 42.7. The molecule has 0 spiro atoms. The van der Waals surface area contributed by atoms with Crippen molar-refractivity contribution in [3.63, 3.8) is 0 Å². The minimum Gasteiger partial charge on any atom is -0.464 e. The van der Waals surface area contributed by atoms with E-state index in [-0.39, 0.29) is 102 Å². The molecule has 0 N–H and O–H groups in total. The van der Waals surface area contributed by atoms with E-state index in [1.54, 1.807) is 0 Å². The minimum atomic E-state index is -1.41. The second-order valence-corrected chi connectivity index (χ2v) is 38.3. The van der Waals surface area contributed by atoms with Crippen molar-refractivity contribution in [3.05, 3.63) is 0 Å². The first-order valence-corrected chi connectivity index (χ1v) is 54.5. The van der Waals surface area contributed by atoms with Gasteiger partial charge in [-0.3, -0.25) is 28.8 Å². The summed E-state index contributed by atoms with van der Waals surface area (Å²) in [6.45, 7) is -2.52. The highest BCUT2D eigenvalue weighted by molar-refractivity contribution is 8.08. The van der Waals surface area contributed by atoms with E-state index in [1.165, 1.54) is 0 Å². The van der Waals surface area contributed by atoms with Crippen molar-refractivity contribution >= 4 is 242 Å². The Kier molecular flexibility index (Phi) is 49.9. The van der Waals surface area contributed by atoms with Gasteiger partial charge in [0.1, 0.15) is 39.6 Å². The first-order valence-electron chi connectivity index (χ1n) is 19.1. The number of hydrogen-bond donors (Lipinski definition) is 0. The Hall–Kier alpha value is 7.10. The van der Waals surface area contributed by atoms with Crippen LogP contribution < -0.4 is 0 Å². The molecule has 0 aromatic carbocycles. The monoisotopic (exact) mass is 1360 g/mol. The lowest BCUT2D eigenvalue weighted by Crippen LogP contribution is -2.48. The first-order chi connectivity index (χ1) is 31.1. The molecule has 0 saturated carbocycles. The average Bonchev–Trinajstić information content (AvgIpc) is 3.31. The van der Waals surface area contributed by atoms with Crippen molar-refractivity contribution in [2.24, 2.45) is 10.8 Å². The van der Waals surface area contributed by atoms with Gasteiger partial charge in [-0.05, 0) is 37.0 Å². The molecule has 0 bridgehead atoms. The van der Waals surface area contributed by atoms with E-state index in [0.29, 0.717) is 86.6 Å². The van der Waals surface area contributed by atoms with E-state index in [0.717, 1.165) is 0 Å². The molecule has 0 aliphatic rings. The molecule has 0 saturated heterocycles. The Morgan fingerprint density at radius 1 is 0.292 bits per heavy atom. The maximum atomic E-state index is 13.6. The average molecular weight is 1360 g/mol. The van der Waals surface area contributed by atoms with E-state index >= 15 is 0 Å². The zero-order valence-corrected chi connectivity index (χ0v) is 61.5. The largest absolute Gasteiger partial charge is 0.464 e. The third kappa shape index (κ3) is 30.7. The normalized spacial score (nSPS) is 18.3. The van der Waals surface area contributed by atoms with E-state index < -0.39 is 80.6 Å². The molecular formula is C28H70O13P24. The number of rotatable bonds is 40. The molecule has 30 atom stereocenters. The summed E-state index contributed by atoms with van der Waals surface area (Å²) in [5.74, 6) is -2.67. The predicted octanol–water partition coefficient (Wildman–Crippen LogP) is 8.07. The van der Waals surface area contributed by atoms with Gasteiger partial charge in [-0.15, -0.1) is 157 Å². The Bertz CT molecular complexity index is 1140. The zero-order chi connectivity index (χ0) is 49.3. The third-order valence-electron chi connectivity index (χ3n) is 8.79. The fourth-order valence-electron chi connectivity index (χ4n) is 4.90. The number of hydrogen-bond acceptors (Lipinski definition) is 13. The van der Waals surface area contributed by atoms with Crippen LogP contribution in [-0.2, 0) is 61.9 Å². The van der Waals surface area contributed by atoms with Crippen LogP contribution in [0.25, 0.3) is 0 Å². The van der Waals surface area contributed by atoms with Crippen LogP contribution in [0, 0.1) is 10.8 Å². The lowest BCUT2D eigenvalue weighted by atomic mass is 9.90. The summed E-state index contributed by atoms with van der Waals surface area (Å²) in [7, 11) is 35.3. The molecule has 0 amide bonds. The van der Waals surface area contributed by atoms with E-state index in [9.17, 15) is 28.8 Å². The van der Waals surface area contributed by atoms with E-state index in [2.05, 4.69) is 107 Å². The van der Waals surface area contributed by atoms with Crippen molar-refractivity contribution in [2.45, 2.75) is 34.0 Å². The molecule has 0 heterocycles. The van der Waals surface area contributed by atoms with Gasteiger partial charge in [-0.25, -0.2) is 0 Å². The summed E-state index contributed by atoms with van der Waals surface area (Å²) in [5.41, 5.74) is -5.18. The summed E-state index contributed by atoms with van der Waals surface area (Å²) in [4.78, 5) is 81.5. The highest BCUT2D eigenvalue weighted by atomic mass is 32.0.